The zero-order chi connectivity index (χ0) is 18.3. The van der Waals surface area contributed by atoms with E-state index in [1.54, 1.807) is 29.2 Å². The van der Waals surface area contributed by atoms with E-state index >= 15 is 0 Å². The number of carbonyl (C=O) groups excluding carboxylic acids is 1. The van der Waals surface area contributed by atoms with Crippen LogP contribution in [0.15, 0.2) is 71.6 Å². The largest absolute Gasteiger partial charge is 0.351 e. The van der Waals surface area contributed by atoms with Gasteiger partial charge in [-0.2, -0.15) is 0 Å². The van der Waals surface area contributed by atoms with Gasteiger partial charge in [-0.05, 0) is 67.3 Å². The maximum absolute atomic E-state index is 13.3. The highest BCUT2D eigenvalue weighted by Crippen LogP contribution is 2.41. The molecule has 1 aliphatic carbocycles. The van der Waals surface area contributed by atoms with Gasteiger partial charge in [-0.1, -0.05) is 13.0 Å². The average Bonchev–Trinajstić information content (AvgIpc) is 2.89. The van der Waals surface area contributed by atoms with Gasteiger partial charge in [0.2, 0.25) is 0 Å². The van der Waals surface area contributed by atoms with Crippen molar-refractivity contribution in [1.29, 1.82) is 0 Å². The van der Waals surface area contributed by atoms with E-state index in [2.05, 4.69) is 18.3 Å². The van der Waals surface area contributed by atoms with Crippen LogP contribution in [0.25, 0.3) is 0 Å². The average molecular weight is 352 g/mol. The molecular weight excluding hydrogens is 334 g/mol. The van der Waals surface area contributed by atoms with Crippen LogP contribution in [0.3, 0.4) is 0 Å². The molecule has 26 heavy (non-hydrogen) atoms. The fourth-order valence-electron chi connectivity index (χ4n) is 3.43. The standard InChI is InChI=1S/C21H18F2N2O/c1-13-2-11-19-18(12-13)20(24-16-7-3-14(22)4-8-16)21(26)25(19)17-9-5-15(23)6-10-17/h3-11,13,24H,2,12H2,1H3/t13-/m1/s1. The topological polar surface area (TPSA) is 32.3 Å². The molecule has 1 atom stereocenters. The van der Waals surface area contributed by atoms with Crippen LogP contribution >= 0.6 is 0 Å². The predicted octanol–water partition coefficient (Wildman–Crippen LogP) is 4.99. The first-order valence-corrected chi connectivity index (χ1v) is 8.59. The van der Waals surface area contributed by atoms with E-state index in [1.807, 2.05) is 0 Å². The van der Waals surface area contributed by atoms with E-state index in [-0.39, 0.29) is 17.5 Å². The highest BCUT2D eigenvalue weighted by Gasteiger charge is 2.38. The van der Waals surface area contributed by atoms with Crippen molar-refractivity contribution in [2.24, 2.45) is 5.92 Å². The smallest absolute Gasteiger partial charge is 0.279 e. The highest BCUT2D eigenvalue weighted by atomic mass is 19.1. The molecule has 1 N–H and O–H groups in total. The Labute approximate surface area is 150 Å². The summed E-state index contributed by atoms with van der Waals surface area (Å²) < 4.78 is 26.4. The molecule has 1 aliphatic heterocycles. The SMILES string of the molecule is C[C@@H]1CC=C2C(=C(Nc3ccc(F)cc3)C(=O)N2c2ccc(F)cc2)C1. The molecule has 0 fully saturated rings. The zero-order valence-corrected chi connectivity index (χ0v) is 14.3. The van der Waals surface area contributed by atoms with Gasteiger partial charge in [0.25, 0.3) is 5.91 Å². The van der Waals surface area contributed by atoms with Crippen molar-refractivity contribution in [3.8, 4) is 0 Å². The normalized spacial score (nSPS) is 19.5. The molecule has 2 aromatic rings. The van der Waals surface area contributed by atoms with Crippen LogP contribution in [0.4, 0.5) is 20.2 Å². The van der Waals surface area contributed by atoms with E-state index in [0.717, 1.165) is 24.1 Å². The van der Waals surface area contributed by atoms with E-state index in [0.29, 0.717) is 23.0 Å². The van der Waals surface area contributed by atoms with Gasteiger partial charge in [0.05, 0.1) is 5.70 Å². The van der Waals surface area contributed by atoms with Crippen molar-refractivity contribution >= 4 is 17.3 Å². The molecule has 1 heterocycles. The molecule has 0 saturated carbocycles. The molecule has 2 aliphatic rings. The lowest BCUT2D eigenvalue weighted by molar-refractivity contribution is -0.114. The summed E-state index contributed by atoms with van der Waals surface area (Å²) in [5.41, 5.74) is 3.58. The summed E-state index contributed by atoms with van der Waals surface area (Å²) in [5, 5.41) is 3.16. The van der Waals surface area contributed by atoms with E-state index in [1.165, 1.54) is 24.3 Å². The second-order valence-electron chi connectivity index (χ2n) is 6.74. The molecule has 4 rings (SSSR count). The molecule has 0 unspecified atom stereocenters. The van der Waals surface area contributed by atoms with Gasteiger partial charge in [0, 0.05) is 16.9 Å². The zero-order valence-electron chi connectivity index (χ0n) is 14.3. The molecule has 0 spiro atoms. The van der Waals surface area contributed by atoms with Crippen molar-refractivity contribution in [2.75, 3.05) is 10.2 Å². The molecule has 2 aromatic carbocycles. The number of carbonyl (C=O) groups is 1. The summed E-state index contributed by atoms with van der Waals surface area (Å²) in [6, 6.07) is 11.8. The highest BCUT2D eigenvalue weighted by molar-refractivity contribution is 6.15. The van der Waals surface area contributed by atoms with Crippen LogP contribution in [-0.4, -0.2) is 5.91 Å². The Bertz CT molecular complexity index is 914. The van der Waals surface area contributed by atoms with Crippen LogP contribution in [-0.2, 0) is 4.79 Å². The van der Waals surface area contributed by atoms with Gasteiger partial charge in [-0.25, -0.2) is 8.78 Å². The molecule has 0 bridgehead atoms. The third-order valence-electron chi connectivity index (χ3n) is 4.73. The van der Waals surface area contributed by atoms with Gasteiger partial charge in [0.1, 0.15) is 17.3 Å². The number of anilines is 2. The Morgan fingerprint density at radius 3 is 2.27 bits per heavy atom. The van der Waals surface area contributed by atoms with Gasteiger partial charge < -0.3 is 5.32 Å². The van der Waals surface area contributed by atoms with E-state index in [9.17, 15) is 13.6 Å². The summed E-state index contributed by atoms with van der Waals surface area (Å²) >= 11 is 0. The number of hydrogen-bond acceptors (Lipinski definition) is 2. The number of halogens is 2. The number of fused-ring (bicyclic) bond motifs is 1. The minimum absolute atomic E-state index is 0.184. The third-order valence-corrected chi connectivity index (χ3v) is 4.73. The van der Waals surface area contributed by atoms with E-state index < -0.39 is 0 Å². The molecule has 3 nitrogen and oxygen atoms in total. The lowest BCUT2D eigenvalue weighted by Gasteiger charge is -2.24. The first-order chi connectivity index (χ1) is 12.5. The van der Waals surface area contributed by atoms with Gasteiger partial charge in [-0.15, -0.1) is 0 Å². The molecular formula is C21H18F2N2O. The molecule has 0 saturated heterocycles. The Balaban J connectivity index is 1.74. The number of nitrogens with zero attached hydrogens (tertiary/aromatic N) is 1. The summed E-state index contributed by atoms with van der Waals surface area (Å²) in [5.74, 6) is -0.425. The number of rotatable bonds is 3. The molecule has 132 valence electrons. The molecule has 0 aromatic heterocycles. The maximum Gasteiger partial charge on any atom is 0.279 e. The van der Waals surface area contributed by atoms with Crippen LogP contribution < -0.4 is 10.2 Å². The molecule has 0 radical (unpaired) electrons. The number of nitrogens with one attached hydrogen (secondary N) is 1. The fourth-order valence-corrected chi connectivity index (χ4v) is 3.43. The number of allylic oxidation sites excluding steroid dienone is 2. The van der Waals surface area contributed by atoms with Crippen molar-refractivity contribution in [1.82, 2.24) is 0 Å². The maximum atomic E-state index is 13.3. The van der Waals surface area contributed by atoms with Crippen LogP contribution in [0.5, 0.6) is 0 Å². The van der Waals surface area contributed by atoms with Crippen LogP contribution in [0.2, 0.25) is 0 Å². The first-order valence-electron chi connectivity index (χ1n) is 8.59. The van der Waals surface area contributed by atoms with Crippen molar-refractivity contribution in [3.63, 3.8) is 0 Å². The lowest BCUT2D eigenvalue weighted by atomic mass is 9.90. The first kappa shape index (κ1) is 16.5. The van der Waals surface area contributed by atoms with E-state index in [4.69, 9.17) is 0 Å². The second kappa shape index (κ2) is 6.41. The fraction of sp³-hybridized carbons (Fsp3) is 0.190. The van der Waals surface area contributed by atoms with Gasteiger partial charge in [-0.3, -0.25) is 9.69 Å². The summed E-state index contributed by atoms with van der Waals surface area (Å²) in [4.78, 5) is 14.7. The third kappa shape index (κ3) is 2.90. The lowest BCUT2D eigenvalue weighted by Crippen LogP contribution is -2.27. The predicted molar refractivity (Wildman–Crippen MR) is 97.4 cm³/mol. The second-order valence-corrected chi connectivity index (χ2v) is 6.74. The minimum Gasteiger partial charge on any atom is -0.351 e. The molecule has 5 heteroatoms. The summed E-state index contributed by atoms with van der Waals surface area (Å²) in [6.45, 7) is 2.14. The Morgan fingerprint density at radius 1 is 1.00 bits per heavy atom. The summed E-state index contributed by atoms with van der Waals surface area (Å²) in [6.07, 6.45) is 3.72. The van der Waals surface area contributed by atoms with Gasteiger partial charge in [0.15, 0.2) is 0 Å². The minimum atomic E-state index is -0.343. The number of hydrogen-bond donors (Lipinski definition) is 1. The number of benzene rings is 2. The van der Waals surface area contributed by atoms with Gasteiger partial charge >= 0.3 is 0 Å². The van der Waals surface area contributed by atoms with Crippen molar-refractivity contribution in [3.05, 3.63) is 83.2 Å². The monoisotopic (exact) mass is 352 g/mol. The van der Waals surface area contributed by atoms with Crippen LogP contribution in [0, 0.1) is 17.6 Å². The van der Waals surface area contributed by atoms with Crippen molar-refractivity contribution in [2.45, 2.75) is 19.8 Å². The van der Waals surface area contributed by atoms with Crippen molar-refractivity contribution < 1.29 is 13.6 Å². The van der Waals surface area contributed by atoms with Crippen LogP contribution in [0.1, 0.15) is 19.8 Å². The summed E-state index contributed by atoms with van der Waals surface area (Å²) in [7, 11) is 0. The Hall–Kier alpha value is -2.95. The Kier molecular flexibility index (Phi) is 4.07. The molecule has 1 amide bonds. The quantitative estimate of drug-likeness (QED) is 0.844. The number of amides is 1. The Morgan fingerprint density at radius 2 is 1.62 bits per heavy atom.